The Labute approximate surface area is 98.8 Å². The molecule has 0 spiro atoms. The van der Waals surface area contributed by atoms with Crippen molar-refractivity contribution >= 4 is 17.6 Å². The van der Waals surface area contributed by atoms with Gasteiger partial charge in [-0.15, -0.1) is 0 Å². The second-order valence-corrected chi connectivity index (χ2v) is 3.50. The zero-order chi connectivity index (χ0) is 13.0. The number of carbonyl (C=O) groups excluding carboxylic acids is 1. The van der Waals surface area contributed by atoms with Crippen LogP contribution in [0.15, 0.2) is 6.20 Å². The molecular weight excluding hydrogens is 224 g/mol. The lowest BCUT2D eigenvalue weighted by molar-refractivity contribution is -0.131. The predicted molar refractivity (Wildman–Crippen MR) is 61.5 cm³/mol. The molecule has 17 heavy (non-hydrogen) atoms. The van der Waals surface area contributed by atoms with Gasteiger partial charge < -0.3 is 15.7 Å². The number of carboxylic acid groups (broad SMARTS) is 1. The quantitative estimate of drug-likeness (QED) is 0.756. The molecule has 94 valence electrons. The number of rotatable bonds is 5. The van der Waals surface area contributed by atoms with Crippen molar-refractivity contribution in [2.45, 2.75) is 20.4 Å². The van der Waals surface area contributed by atoms with E-state index in [9.17, 15) is 9.59 Å². The molecule has 0 aliphatic heterocycles. The van der Waals surface area contributed by atoms with Gasteiger partial charge in [0, 0.05) is 19.3 Å². The molecule has 0 bridgehead atoms. The Hall–Kier alpha value is -2.05. The van der Waals surface area contributed by atoms with Crippen molar-refractivity contribution in [2.24, 2.45) is 0 Å². The Morgan fingerprint density at radius 1 is 1.47 bits per heavy atom. The Morgan fingerprint density at radius 3 is 2.47 bits per heavy atom. The lowest BCUT2D eigenvalue weighted by Gasteiger charge is -2.18. The van der Waals surface area contributed by atoms with Crippen LogP contribution >= 0.6 is 0 Å². The number of amides is 1. The molecule has 7 nitrogen and oxygen atoms in total. The van der Waals surface area contributed by atoms with Crippen LogP contribution in [0, 0.1) is 0 Å². The molecule has 7 heteroatoms. The number of carboxylic acids is 1. The third kappa shape index (κ3) is 2.96. The molecule has 1 aromatic heterocycles. The van der Waals surface area contributed by atoms with E-state index in [1.807, 2.05) is 13.8 Å². The molecule has 0 aliphatic rings. The molecular formula is C10H16N4O3. The summed E-state index contributed by atoms with van der Waals surface area (Å²) in [6, 6.07) is 0. The predicted octanol–water partition coefficient (Wildman–Crippen LogP) is 0.0319. The van der Waals surface area contributed by atoms with Gasteiger partial charge in [-0.1, -0.05) is 0 Å². The molecule has 3 N–H and O–H groups in total. The van der Waals surface area contributed by atoms with E-state index in [0.717, 1.165) is 0 Å². The van der Waals surface area contributed by atoms with E-state index in [2.05, 4.69) is 5.10 Å². The summed E-state index contributed by atoms with van der Waals surface area (Å²) in [5.74, 6) is -1.31. The van der Waals surface area contributed by atoms with E-state index >= 15 is 0 Å². The number of nitrogens with zero attached hydrogens (tertiary/aromatic N) is 3. The minimum atomic E-state index is -1.20. The number of hydrogen-bond acceptors (Lipinski definition) is 4. The van der Waals surface area contributed by atoms with Crippen LogP contribution in [0.5, 0.6) is 0 Å². The standard InChI is InChI=1S/C10H16N4O3/c1-3-13(4-2)8(15)6-14-5-7(11)9(12-14)10(16)17/h5H,3-4,6,11H2,1-2H3,(H,16,17). The first-order valence-corrected chi connectivity index (χ1v) is 5.33. The number of aromatic carboxylic acids is 1. The van der Waals surface area contributed by atoms with Crippen molar-refractivity contribution in [3.8, 4) is 0 Å². The topological polar surface area (TPSA) is 101 Å². The van der Waals surface area contributed by atoms with Gasteiger partial charge in [0.15, 0.2) is 5.69 Å². The smallest absolute Gasteiger partial charge is 0.358 e. The van der Waals surface area contributed by atoms with Crippen LogP contribution in [-0.2, 0) is 11.3 Å². The molecule has 0 saturated heterocycles. The van der Waals surface area contributed by atoms with Crippen LogP contribution in [0.3, 0.4) is 0 Å². The van der Waals surface area contributed by atoms with Gasteiger partial charge in [0.2, 0.25) is 5.91 Å². The van der Waals surface area contributed by atoms with Crippen molar-refractivity contribution in [1.29, 1.82) is 0 Å². The normalized spacial score (nSPS) is 10.2. The van der Waals surface area contributed by atoms with Crippen molar-refractivity contribution in [3.05, 3.63) is 11.9 Å². The van der Waals surface area contributed by atoms with Gasteiger partial charge in [-0.2, -0.15) is 5.10 Å². The Morgan fingerprint density at radius 2 is 2.06 bits per heavy atom. The van der Waals surface area contributed by atoms with E-state index in [1.54, 1.807) is 4.90 Å². The fourth-order valence-electron chi connectivity index (χ4n) is 1.50. The summed E-state index contributed by atoms with van der Waals surface area (Å²) in [5, 5.41) is 12.5. The minimum Gasteiger partial charge on any atom is -0.476 e. The van der Waals surface area contributed by atoms with Gasteiger partial charge in [0.25, 0.3) is 0 Å². The Bertz CT molecular complexity index is 423. The highest BCUT2D eigenvalue weighted by Crippen LogP contribution is 2.08. The third-order valence-corrected chi connectivity index (χ3v) is 2.41. The molecule has 1 rings (SSSR count). The van der Waals surface area contributed by atoms with Crippen LogP contribution in [-0.4, -0.2) is 44.8 Å². The highest BCUT2D eigenvalue weighted by molar-refractivity contribution is 5.91. The summed E-state index contributed by atoms with van der Waals surface area (Å²) in [5.41, 5.74) is 5.31. The van der Waals surface area contributed by atoms with Crippen molar-refractivity contribution in [2.75, 3.05) is 18.8 Å². The molecule has 1 aromatic rings. The molecule has 0 radical (unpaired) electrons. The zero-order valence-electron chi connectivity index (χ0n) is 9.88. The van der Waals surface area contributed by atoms with Gasteiger partial charge in [-0.25, -0.2) is 4.79 Å². The summed E-state index contributed by atoms with van der Waals surface area (Å²) < 4.78 is 1.25. The summed E-state index contributed by atoms with van der Waals surface area (Å²) in [4.78, 5) is 24.1. The van der Waals surface area contributed by atoms with Crippen LogP contribution in [0.25, 0.3) is 0 Å². The van der Waals surface area contributed by atoms with Crippen LogP contribution in [0.1, 0.15) is 24.3 Å². The SMILES string of the molecule is CCN(CC)C(=O)Cn1cc(N)c(C(=O)O)n1. The van der Waals surface area contributed by atoms with E-state index in [-0.39, 0.29) is 23.8 Å². The van der Waals surface area contributed by atoms with Crippen LogP contribution in [0.4, 0.5) is 5.69 Å². The van der Waals surface area contributed by atoms with Crippen LogP contribution < -0.4 is 5.73 Å². The first-order valence-electron chi connectivity index (χ1n) is 5.33. The van der Waals surface area contributed by atoms with E-state index in [1.165, 1.54) is 10.9 Å². The molecule has 0 aromatic carbocycles. The summed E-state index contributed by atoms with van der Waals surface area (Å²) >= 11 is 0. The number of likely N-dealkylation sites (N-methyl/N-ethyl adjacent to an activating group) is 1. The molecule has 1 amide bonds. The van der Waals surface area contributed by atoms with Gasteiger partial charge in [0.1, 0.15) is 6.54 Å². The van der Waals surface area contributed by atoms with Crippen molar-refractivity contribution in [1.82, 2.24) is 14.7 Å². The lowest BCUT2D eigenvalue weighted by Crippen LogP contribution is -2.33. The minimum absolute atomic E-state index is 0.000833. The van der Waals surface area contributed by atoms with Gasteiger partial charge >= 0.3 is 5.97 Å². The fourth-order valence-corrected chi connectivity index (χ4v) is 1.50. The number of aromatic nitrogens is 2. The molecule has 0 saturated carbocycles. The highest BCUT2D eigenvalue weighted by Gasteiger charge is 2.16. The number of nitrogen functional groups attached to an aromatic ring is 1. The molecule has 0 unspecified atom stereocenters. The van der Waals surface area contributed by atoms with E-state index < -0.39 is 5.97 Å². The monoisotopic (exact) mass is 240 g/mol. The average molecular weight is 240 g/mol. The van der Waals surface area contributed by atoms with Crippen molar-refractivity contribution < 1.29 is 14.7 Å². The summed E-state index contributed by atoms with van der Waals surface area (Å²) in [7, 11) is 0. The molecule has 0 aliphatic carbocycles. The summed E-state index contributed by atoms with van der Waals surface area (Å²) in [6.45, 7) is 4.97. The largest absolute Gasteiger partial charge is 0.476 e. The number of nitrogens with two attached hydrogens (primary N) is 1. The van der Waals surface area contributed by atoms with Crippen LogP contribution in [0.2, 0.25) is 0 Å². The van der Waals surface area contributed by atoms with Crippen molar-refractivity contribution in [3.63, 3.8) is 0 Å². The van der Waals surface area contributed by atoms with Gasteiger partial charge in [-0.3, -0.25) is 9.48 Å². The Kier molecular flexibility index (Phi) is 4.08. The van der Waals surface area contributed by atoms with E-state index in [4.69, 9.17) is 10.8 Å². The number of hydrogen-bond donors (Lipinski definition) is 2. The zero-order valence-corrected chi connectivity index (χ0v) is 9.88. The lowest BCUT2D eigenvalue weighted by atomic mass is 10.4. The van der Waals surface area contributed by atoms with Gasteiger partial charge in [-0.05, 0) is 13.8 Å². The van der Waals surface area contributed by atoms with E-state index in [0.29, 0.717) is 13.1 Å². The maximum Gasteiger partial charge on any atom is 0.358 e. The second-order valence-electron chi connectivity index (χ2n) is 3.50. The second kappa shape index (κ2) is 5.33. The maximum atomic E-state index is 11.7. The number of anilines is 1. The molecule has 0 atom stereocenters. The molecule has 1 heterocycles. The maximum absolute atomic E-state index is 11.7. The average Bonchev–Trinajstić information content (AvgIpc) is 2.61. The molecule has 0 fully saturated rings. The summed E-state index contributed by atoms with van der Waals surface area (Å²) in [6.07, 6.45) is 1.35. The van der Waals surface area contributed by atoms with Gasteiger partial charge in [0.05, 0.1) is 5.69 Å². The first-order chi connectivity index (χ1) is 7.99. The third-order valence-electron chi connectivity index (χ3n) is 2.41. The highest BCUT2D eigenvalue weighted by atomic mass is 16.4. The fraction of sp³-hybridized carbons (Fsp3) is 0.500. The Balaban J connectivity index is 2.79. The number of carbonyl (C=O) groups is 2. The first kappa shape index (κ1) is 13.0.